The molecule has 10 heteroatoms. The van der Waals surface area contributed by atoms with Crippen molar-refractivity contribution in [2.75, 3.05) is 10.6 Å². The van der Waals surface area contributed by atoms with E-state index in [4.69, 9.17) is 4.74 Å². The summed E-state index contributed by atoms with van der Waals surface area (Å²) in [4.78, 5) is 34.2. The molecule has 1 aliphatic heterocycles. The monoisotopic (exact) mass is 552 g/mol. The number of para-hydroxylation sites is 1. The van der Waals surface area contributed by atoms with Crippen LogP contribution >= 0.6 is 0 Å². The maximum Gasteiger partial charge on any atom is 0.272 e. The minimum Gasteiger partial charge on any atom is -0.436 e. The van der Waals surface area contributed by atoms with Crippen molar-refractivity contribution in [2.24, 2.45) is 28.0 Å². The zero-order valence-corrected chi connectivity index (χ0v) is 22.5. The van der Waals surface area contributed by atoms with E-state index in [1.165, 1.54) is 18.3 Å². The fraction of sp³-hybridized carbons (Fsp3) is 0.290. The van der Waals surface area contributed by atoms with Crippen molar-refractivity contribution < 1.29 is 18.7 Å². The number of nitrogens with one attached hydrogen (secondary N) is 2. The van der Waals surface area contributed by atoms with Gasteiger partial charge in [-0.2, -0.15) is 5.10 Å². The standard InChI is InChI=1S/C31H29FN6O3/c1-2-26-23-11-9-19(20-13-22(16-33-15-20)36-30(39)18-7-8-18)14-24(23)29(38-37-26)31(40)35-21-10-12-28(34-17-21)41-27-6-4-3-5-25(27)32/h3-6,9-10,12-13,15-18,23-24H,2,7-8,11,14H2,1H3,(H,35,40)(H,36,39). The number of rotatable bonds is 8. The molecule has 2 amide bonds. The number of carbonyl (C=O) groups is 2. The normalized spacial score (nSPS) is 19.7. The molecule has 2 atom stereocenters. The Morgan fingerprint density at radius 3 is 2.61 bits per heavy atom. The molecule has 2 unspecified atom stereocenters. The first-order chi connectivity index (χ1) is 20.0. The van der Waals surface area contributed by atoms with Crippen LogP contribution in [0.3, 0.4) is 0 Å². The first kappa shape index (κ1) is 26.5. The lowest BCUT2D eigenvalue weighted by molar-refractivity contribution is -0.117. The number of carbonyl (C=O) groups excluding carboxylic acids is 2. The van der Waals surface area contributed by atoms with Gasteiger partial charge in [0.15, 0.2) is 11.6 Å². The highest BCUT2D eigenvalue weighted by Crippen LogP contribution is 2.39. The lowest BCUT2D eigenvalue weighted by atomic mass is 9.72. The van der Waals surface area contributed by atoms with Gasteiger partial charge in [0.2, 0.25) is 11.8 Å². The van der Waals surface area contributed by atoms with E-state index in [2.05, 4.69) is 36.9 Å². The number of halogens is 1. The molecule has 1 saturated carbocycles. The van der Waals surface area contributed by atoms with Crippen LogP contribution in [0.25, 0.3) is 5.57 Å². The van der Waals surface area contributed by atoms with E-state index in [1.54, 1.807) is 36.7 Å². The summed E-state index contributed by atoms with van der Waals surface area (Å²) in [7, 11) is 0. The number of hydrogen-bond donors (Lipinski definition) is 2. The SMILES string of the molecule is CCC1=NN=C(C(=O)Nc2ccc(Oc3ccccc3F)nc2)C2CC(c3cncc(NC(=O)C4CC4)c3)=CCC12. The van der Waals surface area contributed by atoms with E-state index in [0.29, 0.717) is 23.5 Å². The second kappa shape index (κ2) is 11.4. The molecule has 1 fully saturated rings. The number of nitrogens with zero attached hydrogens (tertiary/aromatic N) is 4. The lowest BCUT2D eigenvalue weighted by Crippen LogP contribution is -2.40. The molecular formula is C31H29FN6O3. The van der Waals surface area contributed by atoms with Crippen LogP contribution in [-0.2, 0) is 9.59 Å². The third-order valence-electron chi connectivity index (χ3n) is 7.57. The van der Waals surface area contributed by atoms with Gasteiger partial charge in [0.1, 0.15) is 5.71 Å². The quantitative estimate of drug-likeness (QED) is 0.354. The Kier molecular flexibility index (Phi) is 7.37. The molecule has 3 aromatic rings. The van der Waals surface area contributed by atoms with Crippen molar-refractivity contribution in [3.8, 4) is 11.6 Å². The number of benzene rings is 1. The van der Waals surface area contributed by atoms with Gasteiger partial charge in [-0.05, 0) is 67.5 Å². The Labute approximate surface area is 236 Å². The summed E-state index contributed by atoms with van der Waals surface area (Å²) in [5.74, 6) is -0.535. The van der Waals surface area contributed by atoms with E-state index >= 15 is 0 Å². The Morgan fingerprint density at radius 2 is 1.85 bits per heavy atom. The van der Waals surface area contributed by atoms with Gasteiger partial charge in [-0.1, -0.05) is 25.1 Å². The molecule has 0 saturated heterocycles. The average Bonchev–Trinajstić information content (AvgIpc) is 3.85. The highest BCUT2D eigenvalue weighted by Gasteiger charge is 2.38. The summed E-state index contributed by atoms with van der Waals surface area (Å²) in [6.07, 6.45) is 11.0. The van der Waals surface area contributed by atoms with E-state index in [1.807, 2.05) is 13.0 Å². The number of fused-ring (bicyclic) bond motifs is 1. The molecule has 3 heterocycles. The van der Waals surface area contributed by atoms with E-state index < -0.39 is 5.82 Å². The van der Waals surface area contributed by atoms with Gasteiger partial charge in [0, 0.05) is 35.7 Å². The summed E-state index contributed by atoms with van der Waals surface area (Å²) in [5, 5.41) is 14.6. The Balaban J connectivity index is 1.17. The second-order valence-electron chi connectivity index (χ2n) is 10.4. The molecule has 0 spiro atoms. The molecule has 1 aromatic carbocycles. The lowest BCUT2D eigenvalue weighted by Gasteiger charge is -2.34. The highest BCUT2D eigenvalue weighted by atomic mass is 19.1. The van der Waals surface area contributed by atoms with Gasteiger partial charge in [0.25, 0.3) is 5.91 Å². The largest absolute Gasteiger partial charge is 0.436 e. The molecule has 2 aliphatic carbocycles. The van der Waals surface area contributed by atoms with Crippen LogP contribution in [0.15, 0.2) is 77.3 Å². The van der Waals surface area contributed by atoms with Crippen LogP contribution in [0, 0.1) is 23.6 Å². The number of amides is 2. The molecule has 208 valence electrons. The number of anilines is 2. The maximum absolute atomic E-state index is 13.9. The summed E-state index contributed by atoms with van der Waals surface area (Å²) in [6.45, 7) is 2.04. The Bertz CT molecular complexity index is 1580. The molecular weight excluding hydrogens is 523 g/mol. The van der Waals surface area contributed by atoms with E-state index in [9.17, 15) is 14.0 Å². The van der Waals surface area contributed by atoms with E-state index in [0.717, 1.165) is 42.5 Å². The van der Waals surface area contributed by atoms with Crippen molar-refractivity contribution in [3.05, 3.63) is 78.5 Å². The molecule has 9 nitrogen and oxygen atoms in total. The predicted molar refractivity (Wildman–Crippen MR) is 154 cm³/mol. The number of pyridine rings is 2. The van der Waals surface area contributed by atoms with Gasteiger partial charge in [-0.3, -0.25) is 14.6 Å². The van der Waals surface area contributed by atoms with Crippen LogP contribution < -0.4 is 15.4 Å². The van der Waals surface area contributed by atoms with Crippen molar-refractivity contribution in [1.29, 1.82) is 0 Å². The zero-order valence-electron chi connectivity index (χ0n) is 22.5. The van der Waals surface area contributed by atoms with Crippen LogP contribution in [0.1, 0.15) is 44.6 Å². The van der Waals surface area contributed by atoms with Gasteiger partial charge >= 0.3 is 0 Å². The zero-order chi connectivity index (χ0) is 28.3. The molecule has 0 bridgehead atoms. The van der Waals surface area contributed by atoms with Crippen molar-refractivity contribution in [1.82, 2.24) is 9.97 Å². The van der Waals surface area contributed by atoms with Crippen molar-refractivity contribution in [3.63, 3.8) is 0 Å². The summed E-state index contributed by atoms with van der Waals surface area (Å²) in [6, 6.07) is 11.2. The molecule has 2 N–H and O–H groups in total. The second-order valence-corrected chi connectivity index (χ2v) is 10.4. The molecule has 0 radical (unpaired) electrons. The maximum atomic E-state index is 13.9. The topological polar surface area (TPSA) is 118 Å². The van der Waals surface area contributed by atoms with Crippen molar-refractivity contribution >= 4 is 40.2 Å². The fourth-order valence-electron chi connectivity index (χ4n) is 5.22. The van der Waals surface area contributed by atoms with E-state index in [-0.39, 0.29) is 41.2 Å². The predicted octanol–water partition coefficient (Wildman–Crippen LogP) is 6.03. The van der Waals surface area contributed by atoms with Crippen LogP contribution in [0.5, 0.6) is 11.6 Å². The molecule has 2 aromatic heterocycles. The molecule has 41 heavy (non-hydrogen) atoms. The number of allylic oxidation sites excluding steroid dienone is 2. The van der Waals surface area contributed by atoms with Crippen molar-refractivity contribution in [2.45, 2.75) is 39.0 Å². The number of aromatic nitrogens is 2. The third kappa shape index (κ3) is 5.91. The third-order valence-corrected chi connectivity index (χ3v) is 7.57. The minimum atomic E-state index is -0.491. The van der Waals surface area contributed by atoms with Crippen LogP contribution in [-0.4, -0.2) is 33.2 Å². The first-order valence-corrected chi connectivity index (χ1v) is 13.8. The smallest absolute Gasteiger partial charge is 0.272 e. The first-order valence-electron chi connectivity index (χ1n) is 13.8. The number of ether oxygens (including phenoxy) is 1. The number of hydrogen-bond acceptors (Lipinski definition) is 7. The Hall–Kier alpha value is -4.73. The summed E-state index contributed by atoms with van der Waals surface area (Å²) in [5.41, 5.74) is 4.42. The fourth-order valence-corrected chi connectivity index (χ4v) is 5.22. The summed E-state index contributed by atoms with van der Waals surface area (Å²) < 4.78 is 19.4. The van der Waals surface area contributed by atoms with Gasteiger partial charge < -0.3 is 15.4 Å². The van der Waals surface area contributed by atoms with Crippen LogP contribution in [0.4, 0.5) is 15.8 Å². The highest BCUT2D eigenvalue weighted by molar-refractivity contribution is 6.44. The van der Waals surface area contributed by atoms with Crippen LogP contribution in [0.2, 0.25) is 0 Å². The van der Waals surface area contributed by atoms with Gasteiger partial charge in [-0.25, -0.2) is 9.37 Å². The summed E-state index contributed by atoms with van der Waals surface area (Å²) >= 11 is 0. The van der Waals surface area contributed by atoms with Gasteiger partial charge in [-0.15, -0.1) is 5.10 Å². The average molecular weight is 553 g/mol. The Morgan fingerprint density at radius 1 is 1.00 bits per heavy atom. The minimum absolute atomic E-state index is 0.0325. The molecule has 3 aliphatic rings. The molecule has 6 rings (SSSR count). The van der Waals surface area contributed by atoms with Gasteiger partial charge in [0.05, 0.1) is 23.8 Å².